The van der Waals surface area contributed by atoms with Crippen LogP contribution in [0.1, 0.15) is 42.3 Å². The molecule has 2 N–H and O–H groups in total. The Hall–Kier alpha value is -1.51. The third-order valence-corrected chi connectivity index (χ3v) is 2.54. The molecule has 15 heavy (non-hydrogen) atoms. The molecule has 0 amide bonds. The van der Waals surface area contributed by atoms with Crippen LogP contribution in [0, 0.1) is 0 Å². The fraction of sp³-hybridized carbons (Fsp3) is 0.417. The zero-order valence-electron chi connectivity index (χ0n) is 9.29. The highest BCUT2D eigenvalue weighted by atomic mass is 16.3. The molecule has 3 heteroatoms. The first-order chi connectivity index (χ1) is 7.02. The molecule has 1 rings (SSSR count). The Kier molecular flexibility index (Phi) is 3.35. The van der Waals surface area contributed by atoms with Crippen LogP contribution in [0.5, 0.6) is 11.5 Å². The summed E-state index contributed by atoms with van der Waals surface area (Å²) in [4.78, 5) is 11.3. The van der Waals surface area contributed by atoms with Crippen LogP contribution in [-0.2, 0) is 12.8 Å². The van der Waals surface area contributed by atoms with E-state index in [-0.39, 0.29) is 22.8 Å². The molecule has 0 radical (unpaired) electrons. The van der Waals surface area contributed by atoms with Gasteiger partial charge in [-0.2, -0.15) is 0 Å². The van der Waals surface area contributed by atoms with Crippen molar-refractivity contribution in [3.63, 3.8) is 0 Å². The van der Waals surface area contributed by atoms with Crippen LogP contribution in [0.3, 0.4) is 0 Å². The number of hydrogen-bond acceptors (Lipinski definition) is 3. The van der Waals surface area contributed by atoms with Gasteiger partial charge in [0.2, 0.25) is 0 Å². The lowest BCUT2D eigenvalue weighted by molar-refractivity contribution is 0.101. The number of carbonyl (C=O) groups excluding carboxylic acids is 1. The summed E-state index contributed by atoms with van der Waals surface area (Å²) < 4.78 is 0. The van der Waals surface area contributed by atoms with E-state index in [2.05, 4.69) is 0 Å². The molecule has 0 saturated heterocycles. The maximum atomic E-state index is 11.3. The molecule has 0 unspecified atom stereocenters. The zero-order chi connectivity index (χ0) is 11.6. The third kappa shape index (κ3) is 1.96. The minimum atomic E-state index is -0.310. The van der Waals surface area contributed by atoms with E-state index in [1.54, 1.807) is 6.07 Å². The molecule has 82 valence electrons. The molecular formula is C12H16O3. The van der Waals surface area contributed by atoms with Gasteiger partial charge in [0.05, 0.1) is 0 Å². The summed E-state index contributed by atoms with van der Waals surface area (Å²) in [6, 6.07) is 1.75. The fourth-order valence-electron chi connectivity index (χ4n) is 1.65. The van der Waals surface area contributed by atoms with Crippen molar-refractivity contribution >= 4 is 5.78 Å². The second kappa shape index (κ2) is 4.34. The van der Waals surface area contributed by atoms with Crippen molar-refractivity contribution < 1.29 is 15.0 Å². The molecule has 1 aromatic rings. The molecule has 0 aromatic heterocycles. The van der Waals surface area contributed by atoms with E-state index in [9.17, 15) is 15.0 Å². The number of rotatable bonds is 3. The molecule has 0 aliphatic heterocycles. The smallest absolute Gasteiger partial charge is 0.167 e. The van der Waals surface area contributed by atoms with E-state index in [1.165, 1.54) is 6.92 Å². The van der Waals surface area contributed by atoms with Gasteiger partial charge in [0.25, 0.3) is 0 Å². The Labute approximate surface area is 89.4 Å². The molecular weight excluding hydrogens is 192 g/mol. The van der Waals surface area contributed by atoms with Crippen LogP contribution in [0.15, 0.2) is 6.07 Å². The molecule has 0 fully saturated rings. The fourth-order valence-corrected chi connectivity index (χ4v) is 1.65. The molecule has 0 heterocycles. The number of carbonyl (C=O) groups is 1. The Bertz CT molecular complexity index is 366. The highest BCUT2D eigenvalue weighted by molar-refractivity contribution is 6.00. The summed E-state index contributed by atoms with van der Waals surface area (Å²) in [6.45, 7) is 5.14. The third-order valence-electron chi connectivity index (χ3n) is 2.54. The average Bonchev–Trinajstić information content (AvgIpc) is 2.18. The number of aromatic hydroxyl groups is 2. The largest absolute Gasteiger partial charge is 0.507 e. The maximum Gasteiger partial charge on any atom is 0.167 e. The number of phenolic OH excluding ortho intramolecular Hbond substituents is 2. The minimum absolute atomic E-state index is 0.0474. The molecule has 3 nitrogen and oxygen atoms in total. The van der Waals surface area contributed by atoms with E-state index in [0.29, 0.717) is 24.0 Å². The van der Waals surface area contributed by atoms with Crippen molar-refractivity contribution in [2.45, 2.75) is 33.6 Å². The van der Waals surface area contributed by atoms with Gasteiger partial charge in [0.15, 0.2) is 5.78 Å². The van der Waals surface area contributed by atoms with Gasteiger partial charge in [0, 0.05) is 0 Å². The Morgan fingerprint density at radius 3 is 1.80 bits per heavy atom. The van der Waals surface area contributed by atoms with E-state index in [0.717, 1.165) is 0 Å². The van der Waals surface area contributed by atoms with Crippen molar-refractivity contribution in [3.8, 4) is 11.5 Å². The van der Waals surface area contributed by atoms with Crippen LogP contribution in [0.4, 0.5) is 0 Å². The van der Waals surface area contributed by atoms with Crippen LogP contribution in [-0.4, -0.2) is 16.0 Å². The second-order valence-corrected chi connectivity index (χ2v) is 3.53. The van der Waals surface area contributed by atoms with Gasteiger partial charge in [-0.1, -0.05) is 13.8 Å². The standard InChI is InChI=1S/C12H16O3/c1-4-8-6-9(5-2)12(15)10(7(3)13)11(8)14/h6,14-15H,4-5H2,1-3H3. The number of aryl methyl sites for hydroxylation is 2. The maximum absolute atomic E-state index is 11.3. The lowest BCUT2D eigenvalue weighted by Gasteiger charge is -2.12. The molecule has 0 aliphatic rings. The first-order valence-electron chi connectivity index (χ1n) is 5.10. The normalized spacial score (nSPS) is 10.3. The lowest BCUT2D eigenvalue weighted by atomic mass is 9.97. The summed E-state index contributed by atoms with van der Waals surface area (Å²) >= 11 is 0. The predicted octanol–water partition coefficient (Wildman–Crippen LogP) is 2.43. The highest BCUT2D eigenvalue weighted by Gasteiger charge is 2.18. The van der Waals surface area contributed by atoms with Crippen LogP contribution in [0.25, 0.3) is 0 Å². The molecule has 1 aromatic carbocycles. The Morgan fingerprint density at radius 2 is 1.53 bits per heavy atom. The SMILES string of the molecule is CCc1cc(CC)c(O)c(C(C)=O)c1O. The Morgan fingerprint density at radius 1 is 1.13 bits per heavy atom. The van der Waals surface area contributed by atoms with Crippen LogP contribution < -0.4 is 0 Å². The van der Waals surface area contributed by atoms with Gasteiger partial charge in [-0.25, -0.2) is 0 Å². The van der Waals surface area contributed by atoms with Gasteiger partial charge in [-0.3, -0.25) is 4.79 Å². The van der Waals surface area contributed by atoms with E-state index < -0.39 is 0 Å². The summed E-state index contributed by atoms with van der Waals surface area (Å²) in [5, 5.41) is 19.6. The van der Waals surface area contributed by atoms with Crippen molar-refractivity contribution in [2.75, 3.05) is 0 Å². The average molecular weight is 208 g/mol. The van der Waals surface area contributed by atoms with E-state index in [4.69, 9.17) is 0 Å². The minimum Gasteiger partial charge on any atom is -0.507 e. The monoisotopic (exact) mass is 208 g/mol. The summed E-state index contributed by atoms with van der Waals surface area (Å²) in [5.74, 6) is -0.477. The Balaban J connectivity index is 3.53. The number of ketones is 1. The van der Waals surface area contributed by atoms with Crippen molar-refractivity contribution in [3.05, 3.63) is 22.8 Å². The summed E-state index contributed by atoms with van der Waals surface area (Å²) in [5.41, 5.74) is 1.45. The number of benzene rings is 1. The highest BCUT2D eigenvalue weighted by Crippen LogP contribution is 2.35. The second-order valence-electron chi connectivity index (χ2n) is 3.53. The van der Waals surface area contributed by atoms with Gasteiger partial charge in [-0.05, 0) is 37.0 Å². The summed E-state index contributed by atoms with van der Waals surface area (Å²) in [7, 11) is 0. The quantitative estimate of drug-likeness (QED) is 0.750. The van der Waals surface area contributed by atoms with Crippen molar-refractivity contribution in [2.24, 2.45) is 0 Å². The van der Waals surface area contributed by atoms with E-state index >= 15 is 0 Å². The number of Topliss-reactive ketones (excluding diaryl/α,β-unsaturated/α-hetero) is 1. The van der Waals surface area contributed by atoms with Crippen molar-refractivity contribution in [1.82, 2.24) is 0 Å². The topological polar surface area (TPSA) is 57.5 Å². The predicted molar refractivity (Wildman–Crippen MR) is 58.5 cm³/mol. The van der Waals surface area contributed by atoms with Gasteiger partial charge in [-0.15, -0.1) is 0 Å². The molecule has 0 spiro atoms. The van der Waals surface area contributed by atoms with Gasteiger partial charge in [0.1, 0.15) is 17.1 Å². The first-order valence-corrected chi connectivity index (χ1v) is 5.10. The van der Waals surface area contributed by atoms with Crippen LogP contribution >= 0.6 is 0 Å². The van der Waals surface area contributed by atoms with Gasteiger partial charge >= 0.3 is 0 Å². The molecule has 0 saturated carbocycles. The van der Waals surface area contributed by atoms with Crippen LogP contribution in [0.2, 0.25) is 0 Å². The zero-order valence-corrected chi connectivity index (χ0v) is 9.29. The number of phenols is 2. The molecule has 0 atom stereocenters. The number of hydrogen-bond donors (Lipinski definition) is 2. The van der Waals surface area contributed by atoms with Crippen molar-refractivity contribution in [1.29, 1.82) is 0 Å². The lowest BCUT2D eigenvalue weighted by Crippen LogP contribution is -2.00. The molecule has 0 aliphatic carbocycles. The van der Waals surface area contributed by atoms with E-state index in [1.807, 2.05) is 13.8 Å². The first kappa shape index (κ1) is 11.6. The van der Waals surface area contributed by atoms with Gasteiger partial charge < -0.3 is 10.2 Å². The molecule has 0 bridgehead atoms. The summed E-state index contributed by atoms with van der Waals surface area (Å²) in [6.07, 6.45) is 1.28.